The minimum atomic E-state index is -0.767. The van der Waals surface area contributed by atoms with E-state index >= 15 is 0 Å². The maximum atomic E-state index is 12.7. The SMILES string of the molecule is CCCCC/C=C\CCCCCCCC(=O)OC(COC(=O)CCCCCCC)COC(=O)CCCCCCCCCCCCCCCCCCCCCCCCC/C=C\CCCCCCCCCC. The van der Waals surface area contributed by atoms with E-state index < -0.39 is 6.10 Å². The molecule has 0 aliphatic heterocycles. The van der Waals surface area contributed by atoms with E-state index in [0.29, 0.717) is 19.3 Å². The highest BCUT2D eigenvalue weighted by molar-refractivity contribution is 5.71. The minimum absolute atomic E-state index is 0.0706. The van der Waals surface area contributed by atoms with Crippen molar-refractivity contribution >= 4 is 17.9 Å². The third-order valence-electron chi connectivity index (χ3n) is 14.2. The summed E-state index contributed by atoms with van der Waals surface area (Å²) in [7, 11) is 0. The zero-order valence-electron chi connectivity index (χ0n) is 47.3. The summed E-state index contributed by atoms with van der Waals surface area (Å²) in [6.07, 6.45) is 71.3. The van der Waals surface area contributed by atoms with Crippen molar-refractivity contribution in [1.29, 1.82) is 0 Å². The number of carbonyl (C=O) groups is 3. The smallest absolute Gasteiger partial charge is 0.306 e. The van der Waals surface area contributed by atoms with E-state index in [1.807, 2.05) is 0 Å². The summed E-state index contributed by atoms with van der Waals surface area (Å²) in [4.78, 5) is 37.7. The zero-order valence-corrected chi connectivity index (χ0v) is 47.3. The van der Waals surface area contributed by atoms with Crippen molar-refractivity contribution in [3.63, 3.8) is 0 Å². The summed E-state index contributed by atoms with van der Waals surface area (Å²) in [6.45, 7) is 6.56. The molecular weight excluding hydrogens is 865 g/mol. The van der Waals surface area contributed by atoms with Gasteiger partial charge in [0.25, 0.3) is 0 Å². The molecule has 0 aliphatic rings. The van der Waals surface area contributed by atoms with Crippen LogP contribution in [-0.4, -0.2) is 37.2 Å². The first-order valence-corrected chi connectivity index (χ1v) is 31.3. The molecule has 0 aromatic carbocycles. The van der Waals surface area contributed by atoms with Crippen LogP contribution < -0.4 is 0 Å². The van der Waals surface area contributed by atoms with E-state index in [2.05, 4.69) is 45.1 Å². The fraction of sp³-hybridized carbons (Fsp3) is 0.891. The van der Waals surface area contributed by atoms with Crippen LogP contribution in [0.1, 0.15) is 348 Å². The first-order valence-electron chi connectivity index (χ1n) is 31.3. The number of rotatable bonds is 58. The molecule has 0 fully saturated rings. The number of carbonyl (C=O) groups excluding carboxylic acids is 3. The molecule has 0 heterocycles. The van der Waals surface area contributed by atoms with Gasteiger partial charge < -0.3 is 14.2 Å². The highest BCUT2D eigenvalue weighted by Gasteiger charge is 2.19. The molecule has 0 amide bonds. The molecule has 1 unspecified atom stereocenters. The Labute approximate surface area is 436 Å². The van der Waals surface area contributed by atoms with Crippen molar-refractivity contribution in [3.05, 3.63) is 24.3 Å². The van der Waals surface area contributed by atoms with Gasteiger partial charge in [0, 0.05) is 19.3 Å². The van der Waals surface area contributed by atoms with Crippen molar-refractivity contribution in [2.45, 2.75) is 354 Å². The Morgan fingerprint density at radius 3 is 0.743 bits per heavy atom. The molecule has 6 heteroatoms. The Hall–Kier alpha value is -2.11. The molecule has 6 nitrogen and oxygen atoms in total. The molecule has 1 atom stereocenters. The molecule has 0 radical (unpaired) electrons. The normalized spacial score (nSPS) is 12.1. The average molecular weight is 986 g/mol. The Bertz CT molecular complexity index is 1130. The first kappa shape index (κ1) is 67.9. The maximum Gasteiger partial charge on any atom is 0.306 e. The summed E-state index contributed by atoms with van der Waals surface area (Å²) in [6, 6.07) is 0. The van der Waals surface area contributed by atoms with E-state index in [9.17, 15) is 14.4 Å². The van der Waals surface area contributed by atoms with Gasteiger partial charge in [0.05, 0.1) is 0 Å². The Morgan fingerprint density at radius 1 is 0.271 bits per heavy atom. The van der Waals surface area contributed by atoms with E-state index in [4.69, 9.17) is 14.2 Å². The largest absolute Gasteiger partial charge is 0.462 e. The molecule has 0 aromatic heterocycles. The lowest BCUT2D eigenvalue weighted by Gasteiger charge is -2.18. The van der Waals surface area contributed by atoms with Gasteiger partial charge in [-0.15, -0.1) is 0 Å². The number of hydrogen-bond acceptors (Lipinski definition) is 6. The summed E-state index contributed by atoms with van der Waals surface area (Å²) >= 11 is 0. The van der Waals surface area contributed by atoms with Gasteiger partial charge in [0.1, 0.15) is 13.2 Å². The van der Waals surface area contributed by atoms with Crippen molar-refractivity contribution in [3.8, 4) is 0 Å². The summed E-state index contributed by atoms with van der Waals surface area (Å²) in [5, 5.41) is 0. The fourth-order valence-electron chi connectivity index (χ4n) is 9.44. The van der Waals surface area contributed by atoms with Crippen LogP contribution >= 0.6 is 0 Å². The van der Waals surface area contributed by atoms with Gasteiger partial charge in [-0.1, -0.05) is 283 Å². The monoisotopic (exact) mass is 985 g/mol. The number of allylic oxidation sites excluding steroid dienone is 4. The summed E-state index contributed by atoms with van der Waals surface area (Å²) in [5.74, 6) is -0.878. The first-order chi connectivity index (χ1) is 34.5. The van der Waals surface area contributed by atoms with Gasteiger partial charge in [0.15, 0.2) is 6.10 Å². The number of hydrogen-bond donors (Lipinski definition) is 0. The van der Waals surface area contributed by atoms with E-state index in [0.717, 1.165) is 70.6 Å². The summed E-state index contributed by atoms with van der Waals surface area (Å²) < 4.78 is 16.7. The Morgan fingerprint density at radius 2 is 0.471 bits per heavy atom. The minimum Gasteiger partial charge on any atom is -0.462 e. The van der Waals surface area contributed by atoms with Crippen LogP contribution in [0.5, 0.6) is 0 Å². The molecule has 0 aromatic rings. The predicted octanol–water partition coefficient (Wildman–Crippen LogP) is 21.1. The van der Waals surface area contributed by atoms with Crippen LogP contribution in [0.2, 0.25) is 0 Å². The second-order valence-electron chi connectivity index (χ2n) is 21.3. The van der Waals surface area contributed by atoms with Gasteiger partial charge in [-0.25, -0.2) is 0 Å². The van der Waals surface area contributed by atoms with E-state index in [1.54, 1.807) is 0 Å². The second-order valence-corrected chi connectivity index (χ2v) is 21.3. The Kier molecular flexibility index (Phi) is 57.7. The molecule has 0 saturated heterocycles. The van der Waals surface area contributed by atoms with Crippen LogP contribution in [0.15, 0.2) is 24.3 Å². The molecule has 0 spiro atoms. The van der Waals surface area contributed by atoms with Gasteiger partial charge in [-0.3, -0.25) is 14.4 Å². The quantitative estimate of drug-likeness (QED) is 0.0261. The molecule has 412 valence electrons. The van der Waals surface area contributed by atoms with Crippen molar-refractivity contribution in [2.75, 3.05) is 13.2 Å². The van der Waals surface area contributed by atoms with Gasteiger partial charge >= 0.3 is 17.9 Å². The van der Waals surface area contributed by atoms with Gasteiger partial charge in [-0.2, -0.15) is 0 Å². The van der Waals surface area contributed by atoms with Crippen LogP contribution in [0.25, 0.3) is 0 Å². The fourth-order valence-corrected chi connectivity index (χ4v) is 9.44. The van der Waals surface area contributed by atoms with E-state index in [-0.39, 0.29) is 31.1 Å². The molecule has 0 saturated carbocycles. The maximum absolute atomic E-state index is 12.7. The molecule has 0 bridgehead atoms. The molecule has 0 aliphatic carbocycles. The lowest BCUT2D eigenvalue weighted by atomic mass is 10.0. The molecule has 0 N–H and O–H groups in total. The Balaban J connectivity index is 3.79. The van der Waals surface area contributed by atoms with Gasteiger partial charge in [-0.05, 0) is 70.6 Å². The van der Waals surface area contributed by atoms with Crippen molar-refractivity contribution in [2.24, 2.45) is 0 Å². The summed E-state index contributed by atoms with van der Waals surface area (Å²) in [5.41, 5.74) is 0. The third kappa shape index (κ3) is 56.8. The van der Waals surface area contributed by atoms with Crippen LogP contribution in [0, 0.1) is 0 Å². The standard InChI is InChI=1S/C64H120O6/c1-4-7-10-13-15-17-19-21-22-23-24-25-26-27-28-29-30-31-32-33-34-35-36-37-38-39-40-41-42-43-45-46-48-51-54-57-63(66)69-60-61(59-68-62(65)56-53-50-12-9-6-3)70-64(67)58-55-52-49-47-44-20-18-16-14-11-8-5-2/h16,18,23-24,61H,4-15,17,19-22,25-60H2,1-3H3/b18-16-,24-23-. The number of esters is 3. The van der Waals surface area contributed by atoms with Crippen LogP contribution in [-0.2, 0) is 28.6 Å². The molecule has 0 rings (SSSR count). The molecule has 70 heavy (non-hydrogen) atoms. The second kappa shape index (κ2) is 59.5. The lowest BCUT2D eigenvalue weighted by Crippen LogP contribution is -2.30. The highest BCUT2D eigenvalue weighted by Crippen LogP contribution is 2.18. The van der Waals surface area contributed by atoms with Crippen LogP contribution in [0.4, 0.5) is 0 Å². The van der Waals surface area contributed by atoms with Crippen molar-refractivity contribution < 1.29 is 28.6 Å². The van der Waals surface area contributed by atoms with Crippen LogP contribution in [0.3, 0.4) is 0 Å². The molecular formula is C64H120O6. The predicted molar refractivity (Wildman–Crippen MR) is 303 cm³/mol. The number of unbranched alkanes of at least 4 members (excludes halogenated alkanes) is 43. The highest BCUT2D eigenvalue weighted by atomic mass is 16.6. The number of ether oxygens (including phenoxy) is 3. The van der Waals surface area contributed by atoms with E-state index in [1.165, 1.54) is 238 Å². The van der Waals surface area contributed by atoms with Gasteiger partial charge in [0.2, 0.25) is 0 Å². The average Bonchev–Trinajstić information content (AvgIpc) is 3.36. The zero-order chi connectivity index (χ0) is 50.7. The van der Waals surface area contributed by atoms with Crippen molar-refractivity contribution in [1.82, 2.24) is 0 Å². The third-order valence-corrected chi connectivity index (χ3v) is 14.2. The topological polar surface area (TPSA) is 78.9 Å². The lowest BCUT2D eigenvalue weighted by molar-refractivity contribution is -0.167.